The molecular weight excluding hydrogens is 345 g/mol. The maximum Gasteiger partial charge on any atom is 0.270 e. The van der Waals surface area contributed by atoms with Crippen molar-refractivity contribution in [1.82, 2.24) is 15.3 Å². The number of nitrogens with zero attached hydrogens (tertiary/aromatic N) is 1. The van der Waals surface area contributed by atoms with Crippen molar-refractivity contribution in [1.29, 1.82) is 0 Å². The molecule has 3 N–H and O–H groups in total. The molecular formula is C18H15ClFN3O2. The van der Waals surface area contributed by atoms with Gasteiger partial charge in [0.25, 0.3) is 5.91 Å². The van der Waals surface area contributed by atoms with Gasteiger partial charge < -0.3 is 15.4 Å². The van der Waals surface area contributed by atoms with Gasteiger partial charge in [-0.3, -0.25) is 4.79 Å². The van der Waals surface area contributed by atoms with Crippen molar-refractivity contribution in [2.45, 2.75) is 13.0 Å². The number of phenolic OH excluding ortho intramolecular Hbond substituents is 1. The number of H-pyrrole nitrogens is 1. The lowest BCUT2D eigenvalue weighted by molar-refractivity contribution is 0.0937. The van der Waals surface area contributed by atoms with Gasteiger partial charge in [0.1, 0.15) is 22.4 Å². The Kier molecular flexibility index (Phi) is 4.72. The van der Waals surface area contributed by atoms with Crippen LogP contribution in [0.4, 0.5) is 4.39 Å². The number of aromatic nitrogens is 2. The van der Waals surface area contributed by atoms with Crippen molar-refractivity contribution in [3.63, 3.8) is 0 Å². The van der Waals surface area contributed by atoms with Gasteiger partial charge in [0.15, 0.2) is 0 Å². The van der Waals surface area contributed by atoms with Crippen molar-refractivity contribution >= 4 is 17.5 Å². The van der Waals surface area contributed by atoms with E-state index >= 15 is 0 Å². The fourth-order valence-electron chi connectivity index (χ4n) is 2.51. The minimum Gasteiger partial charge on any atom is -0.508 e. The van der Waals surface area contributed by atoms with Crippen LogP contribution in [0.15, 0.2) is 48.5 Å². The number of carbonyl (C=O) groups is 1. The zero-order valence-corrected chi connectivity index (χ0v) is 14.0. The van der Waals surface area contributed by atoms with E-state index in [1.165, 1.54) is 12.1 Å². The van der Waals surface area contributed by atoms with Gasteiger partial charge in [0.2, 0.25) is 0 Å². The number of nitrogens with one attached hydrogen (secondary N) is 2. The van der Waals surface area contributed by atoms with E-state index in [0.717, 1.165) is 6.07 Å². The van der Waals surface area contributed by atoms with Gasteiger partial charge in [-0.05, 0) is 49.4 Å². The highest BCUT2D eigenvalue weighted by molar-refractivity contribution is 6.29. The normalized spacial score (nSPS) is 12.0. The predicted molar refractivity (Wildman–Crippen MR) is 92.2 cm³/mol. The Hall–Kier alpha value is -2.86. The highest BCUT2D eigenvalue weighted by Gasteiger charge is 2.23. The molecule has 7 heteroatoms. The minimum atomic E-state index is -0.821. The van der Waals surface area contributed by atoms with E-state index in [4.69, 9.17) is 11.6 Å². The summed E-state index contributed by atoms with van der Waals surface area (Å²) in [5.74, 6) is -1.13. The number of aromatic hydroxyl groups is 1. The Bertz CT molecular complexity index is 926. The second-order valence-electron chi connectivity index (χ2n) is 5.54. The molecule has 2 aromatic heterocycles. The Morgan fingerprint density at radius 3 is 2.76 bits per heavy atom. The van der Waals surface area contributed by atoms with Crippen LogP contribution in [0.1, 0.15) is 33.5 Å². The van der Waals surface area contributed by atoms with Gasteiger partial charge in [-0.2, -0.15) is 0 Å². The standard InChI is InChI=1S/C18H15ClFN3O2/c1-10-3-2-4-14(21-10)18(25)23-17(13-6-8-16(19)22-13)12-9-11(20)5-7-15(12)24/h2-9,17,22,24H,1H3,(H,23,25)/t17-/m1/s1. The van der Waals surface area contributed by atoms with Crippen LogP contribution in [0.5, 0.6) is 5.75 Å². The van der Waals surface area contributed by atoms with Crippen LogP contribution in [-0.4, -0.2) is 21.0 Å². The van der Waals surface area contributed by atoms with Gasteiger partial charge in [0.05, 0.1) is 6.04 Å². The van der Waals surface area contributed by atoms with E-state index < -0.39 is 17.8 Å². The number of halogens is 2. The molecule has 2 heterocycles. The first-order valence-electron chi connectivity index (χ1n) is 7.51. The summed E-state index contributed by atoms with van der Waals surface area (Å²) in [7, 11) is 0. The number of phenols is 1. The third kappa shape index (κ3) is 3.80. The number of benzene rings is 1. The lowest BCUT2D eigenvalue weighted by Crippen LogP contribution is -2.30. The number of aromatic amines is 1. The largest absolute Gasteiger partial charge is 0.508 e. The zero-order chi connectivity index (χ0) is 18.0. The molecule has 0 saturated heterocycles. The van der Waals surface area contributed by atoms with Crippen LogP contribution >= 0.6 is 11.6 Å². The van der Waals surface area contributed by atoms with Crippen LogP contribution in [0.3, 0.4) is 0 Å². The third-order valence-corrected chi connectivity index (χ3v) is 3.90. The first-order chi connectivity index (χ1) is 11.9. The fourth-order valence-corrected chi connectivity index (χ4v) is 2.68. The first kappa shape index (κ1) is 17.0. The number of amides is 1. The first-order valence-corrected chi connectivity index (χ1v) is 7.89. The number of hydrogen-bond acceptors (Lipinski definition) is 3. The van der Waals surface area contributed by atoms with Gasteiger partial charge in [-0.1, -0.05) is 17.7 Å². The molecule has 25 heavy (non-hydrogen) atoms. The van der Waals surface area contributed by atoms with Crippen molar-refractivity contribution in [3.05, 3.63) is 82.1 Å². The van der Waals surface area contributed by atoms with Crippen LogP contribution in [-0.2, 0) is 0 Å². The molecule has 3 aromatic rings. The number of aryl methyl sites for hydroxylation is 1. The molecule has 0 saturated carbocycles. The van der Waals surface area contributed by atoms with Crippen LogP contribution in [0.25, 0.3) is 0 Å². The molecule has 0 aliphatic rings. The average Bonchev–Trinajstić information content (AvgIpc) is 3.01. The van der Waals surface area contributed by atoms with E-state index in [-0.39, 0.29) is 17.0 Å². The molecule has 0 aliphatic heterocycles. The van der Waals surface area contributed by atoms with E-state index in [9.17, 15) is 14.3 Å². The van der Waals surface area contributed by atoms with Gasteiger partial charge in [-0.25, -0.2) is 9.37 Å². The number of rotatable bonds is 4. The molecule has 0 aliphatic carbocycles. The van der Waals surface area contributed by atoms with Crippen LogP contribution in [0, 0.1) is 12.7 Å². The molecule has 1 aromatic carbocycles. The Morgan fingerprint density at radius 2 is 2.08 bits per heavy atom. The summed E-state index contributed by atoms with van der Waals surface area (Å²) in [5.41, 5.74) is 1.63. The monoisotopic (exact) mass is 359 g/mol. The molecule has 1 atom stereocenters. The second-order valence-corrected chi connectivity index (χ2v) is 5.94. The quantitative estimate of drug-likeness (QED) is 0.664. The highest BCUT2D eigenvalue weighted by atomic mass is 35.5. The summed E-state index contributed by atoms with van der Waals surface area (Å²) in [4.78, 5) is 19.6. The second kappa shape index (κ2) is 6.94. The maximum absolute atomic E-state index is 13.7. The predicted octanol–water partition coefficient (Wildman–Crippen LogP) is 3.74. The summed E-state index contributed by atoms with van der Waals surface area (Å²) in [6, 6.07) is 11.1. The van der Waals surface area contributed by atoms with Crippen LogP contribution in [0.2, 0.25) is 5.15 Å². The topological polar surface area (TPSA) is 78.0 Å². The Balaban J connectivity index is 2.00. The molecule has 3 rings (SSSR count). The van der Waals surface area contributed by atoms with Gasteiger partial charge >= 0.3 is 0 Å². The van der Waals surface area contributed by atoms with E-state index in [1.807, 2.05) is 0 Å². The number of pyridine rings is 1. The van der Waals surface area contributed by atoms with E-state index in [1.54, 1.807) is 37.3 Å². The van der Waals surface area contributed by atoms with Crippen molar-refractivity contribution in [3.8, 4) is 5.75 Å². The Morgan fingerprint density at radius 1 is 1.28 bits per heavy atom. The lowest BCUT2D eigenvalue weighted by atomic mass is 10.0. The lowest BCUT2D eigenvalue weighted by Gasteiger charge is -2.19. The van der Waals surface area contributed by atoms with Crippen molar-refractivity contribution in [2.75, 3.05) is 0 Å². The van der Waals surface area contributed by atoms with Crippen molar-refractivity contribution < 1.29 is 14.3 Å². The van der Waals surface area contributed by atoms with E-state index in [0.29, 0.717) is 16.5 Å². The summed E-state index contributed by atoms with van der Waals surface area (Å²) >= 11 is 5.92. The van der Waals surface area contributed by atoms with Gasteiger partial charge in [0, 0.05) is 17.0 Å². The summed E-state index contributed by atoms with van der Waals surface area (Å²) in [6.07, 6.45) is 0. The summed E-state index contributed by atoms with van der Waals surface area (Å²) in [5, 5.41) is 13.2. The maximum atomic E-state index is 13.7. The summed E-state index contributed by atoms with van der Waals surface area (Å²) in [6.45, 7) is 1.78. The molecule has 128 valence electrons. The average molecular weight is 360 g/mol. The van der Waals surface area contributed by atoms with E-state index in [2.05, 4.69) is 15.3 Å². The molecule has 0 fully saturated rings. The number of carbonyl (C=O) groups excluding carboxylic acids is 1. The SMILES string of the molecule is Cc1cccc(C(=O)N[C@@H](c2ccc(Cl)[nH]2)c2cc(F)ccc2O)n1. The zero-order valence-electron chi connectivity index (χ0n) is 13.3. The molecule has 0 bridgehead atoms. The highest BCUT2D eigenvalue weighted by Crippen LogP contribution is 2.30. The third-order valence-electron chi connectivity index (χ3n) is 3.68. The minimum absolute atomic E-state index is 0.144. The molecule has 1 amide bonds. The van der Waals surface area contributed by atoms with Crippen LogP contribution < -0.4 is 5.32 Å². The fraction of sp³-hybridized carbons (Fsp3) is 0.111. The smallest absolute Gasteiger partial charge is 0.270 e. The molecule has 0 unspecified atom stereocenters. The van der Waals surface area contributed by atoms with Gasteiger partial charge in [-0.15, -0.1) is 0 Å². The molecule has 5 nitrogen and oxygen atoms in total. The molecule has 0 spiro atoms. The Labute approximate surface area is 148 Å². The molecule has 0 radical (unpaired) electrons. The summed E-state index contributed by atoms with van der Waals surface area (Å²) < 4.78 is 13.7. The number of hydrogen-bond donors (Lipinski definition) is 3. The van der Waals surface area contributed by atoms with Crippen molar-refractivity contribution in [2.24, 2.45) is 0 Å².